The standard InChI is InChI=1S/C10H17N3O2/c1-6(2)11-9-12-8(14)10(13-9)4-5-15-7(10)3/h6-7H,4-5H2,1-3H3,(H2,11,12,13,14). The summed E-state index contributed by atoms with van der Waals surface area (Å²) in [6.45, 7) is 6.48. The number of rotatable bonds is 1. The Balaban J connectivity index is 2.20. The third-order valence-electron chi connectivity index (χ3n) is 2.92. The van der Waals surface area contributed by atoms with E-state index in [1.54, 1.807) is 0 Å². The lowest BCUT2D eigenvalue weighted by Crippen LogP contribution is -2.52. The summed E-state index contributed by atoms with van der Waals surface area (Å²) in [5, 5.41) is 5.93. The van der Waals surface area contributed by atoms with Gasteiger partial charge >= 0.3 is 0 Å². The predicted octanol–water partition coefficient (Wildman–Crippen LogP) is 0.0178. The maximum absolute atomic E-state index is 11.9. The first-order valence-electron chi connectivity index (χ1n) is 5.33. The molecule has 0 aliphatic carbocycles. The molecule has 2 heterocycles. The number of aliphatic imine (C=N–C) groups is 1. The Kier molecular flexibility index (Phi) is 2.42. The van der Waals surface area contributed by atoms with Crippen LogP contribution in [0.1, 0.15) is 27.2 Å². The van der Waals surface area contributed by atoms with E-state index >= 15 is 0 Å². The quantitative estimate of drug-likeness (QED) is 0.642. The summed E-state index contributed by atoms with van der Waals surface area (Å²) in [5.41, 5.74) is -0.590. The van der Waals surface area contributed by atoms with E-state index in [1.807, 2.05) is 20.8 Å². The van der Waals surface area contributed by atoms with Gasteiger partial charge < -0.3 is 10.1 Å². The van der Waals surface area contributed by atoms with Crippen LogP contribution < -0.4 is 10.6 Å². The molecule has 0 aromatic rings. The number of guanidine groups is 1. The van der Waals surface area contributed by atoms with E-state index in [2.05, 4.69) is 15.6 Å². The van der Waals surface area contributed by atoms with Crippen molar-refractivity contribution in [2.75, 3.05) is 6.61 Å². The highest BCUT2D eigenvalue weighted by Crippen LogP contribution is 2.28. The number of hydrogen-bond donors (Lipinski definition) is 2. The van der Waals surface area contributed by atoms with Crippen molar-refractivity contribution in [3.8, 4) is 0 Å². The number of nitrogens with zero attached hydrogens (tertiary/aromatic N) is 1. The molecule has 2 fully saturated rings. The fourth-order valence-corrected chi connectivity index (χ4v) is 2.05. The number of hydrogen-bond acceptors (Lipinski definition) is 3. The highest BCUT2D eigenvalue weighted by atomic mass is 16.5. The van der Waals surface area contributed by atoms with Gasteiger partial charge in [0.1, 0.15) is 5.54 Å². The molecule has 2 aliphatic rings. The summed E-state index contributed by atoms with van der Waals surface area (Å²) in [4.78, 5) is 16.2. The molecule has 1 amide bonds. The van der Waals surface area contributed by atoms with Crippen molar-refractivity contribution >= 4 is 11.9 Å². The zero-order valence-electron chi connectivity index (χ0n) is 9.33. The Morgan fingerprint density at radius 3 is 2.87 bits per heavy atom. The molecule has 84 valence electrons. The minimum Gasteiger partial charge on any atom is -0.375 e. The topological polar surface area (TPSA) is 62.7 Å². The third kappa shape index (κ3) is 1.61. The van der Waals surface area contributed by atoms with Gasteiger partial charge in [0.15, 0.2) is 5.96 Å². The van der Waals surface area contributed by atoms with Gasteiger partial charge in [0, 0.05) is 19.1 Å². The molecule has 2 N–H and O–H groups in total. The van der Waals surface area contributed by atoms with Crippen LogP contribution in [0.5, 0.6) is 0 Å². The number of carbonyl (C=O) groups excluding carboxylic acids is 1. The van der Waals surface area contributed by atoms with Gasteiger partial charge in [-0.05, 0) is 20.8 Å². The maximum atomic E-state index is 11.9. The molecule has 2 unspecified atom stereocenters. The largest absolute Gasteiger partial charge is 0.375 e. The van der Waals surface area contributed by atoms with Crippen LogP contribution in [-0.2, 0) is 9.53 Å². The van der Waals surface area contributed by atoms with Crippen LogP contribution in [0.4, 0.5) is 0 Å². The third-order valence-corrected chi connectivity index (χ3v) is 2.92. The molecule has 2 aliphatic heterocycles. The van der Waals surface area contributed by atoms with Gasteiger partial charge in [0.05, 0.1) is 6.10 Å². The molecule has 0 bridgehead atoms. The van der Waals surface area contributed by atoms with Crippen LogP contribution in [0.15, 0.2) is 4.99 Å². The van der Waals surface area contributed by atoms with Crippen molar-refractivity contribution < 1.29 is 9.53 Å². The van der Waals surface area contributed by atoms with Gasteiger partial charge in [-0.1, -0.05) is 0 Å². The van der Waals surface area contributed by atoms with Crippen molar-refractivity contribution in [3.63, 3.8) is 0 Å². The summed E-state index contributed by atoms with van der Waals surface area (Å²) in [5.74, 6) is 0.555. The van der Waals surface area contributed by atoms with Crippen LogP contribution >= 0.6 is 0 Å². The van der Waals surface area contributed by atoms with E-state index in [4.69, 9.17) is 4.74 Å². The lowest BCUT2D eigenvalue weighted by molar-refractivity contribution is -0.125. The lowest BCUT2D eigenvalue weighted by atomic mass is 9.93. The van der Waals surface area contributed by atoms with E-state index in [1.165, 1.54) is 0 Å². The normalized spacial score (nSPS) is 37.7. The Hall–Kier alpha value is -1.10. The lowest BCUT2D eigenvalue weighted by Gasteiger charge is -2.23. The van der Waals surface area contributed by atoms with Gasteiger partial charge in [-0.25, -0.2) is 0 Å². The Morgan fingerprint density at radius 2 is 2.33 bits per heavy atom. The highest BCUT2D eigenvalue weighted by molar-refractivity contribution is 6.09. The zero-order valence-corrected chi connectivity index (χ0v) is 9.33. The van der Waals surface area contributed by atoms with Crippen molar-refractivity contribution in [1.82, 2.24) is 10.6 Å². The van der Waals surface area contributed by atoms with Gasteiger partial charge in [-0.2, -0.15) is 0 Å². The van der Waals surface area contributed by atoms with Crippen molar-refractivity contribution in [2.24, 2.45) is 4.99 Å². The zero-order chi connectivity index (χ0) is 11.1. The Bertz CT molecular complexity index is 314. The SMILES string of the molecule is CC(C)N=C1NC(=O)C2(CCOC2C)N1. The molecular weight excluding hydrogens is 194 g/mol. The number of ether oxygens (including phenoxy) is 1. The second-order valence-electron chi connectivity index (χ2n) is 4.38. The second-order valence-corrected chi connectivity index (χ2v) is 4.38. The Labute approximate surface area is 89.3 Å². The maximum Gasteiger partial charge on any atom is 0.255 e. The van der Waals surface area contributed by atoms with Crippen LogP contribution in [0.25, 0.3) is 0 Å². The molecule has 5 nitrogen and oxygen atoms in total. The monoisotopic (exact) mass is 211 g/mol. The summed E-state index contributed by atoms with van der Waals surface area (Å²) in [6, 6.07) is 0.167. The molecule has 15 heavy (non-hydrogen) atoms. The van der Waals surface area contributed by atoms with Crippen molar-refractivity contribution in [1.29, 1.82) is 0 Å². The summed E-state index contributed by atoms with van der Waals surface area (Å²) < 4.78 is 5.44. The Morgan fingerprint density at radius 1 is 1.60 bits per heavy atom. The average molecular weight is 211 g/mol. The molecule has 0 saturated carbocycles. The van der Waals surface area contributed by atoms with E-state index in [0.29, 0.717) is 19.0 Å². The summed E-state index contributed by atoms with van der Waals surface area (Å²) >= 11 is 0. The van der Waals surface area contributed by atoms with Crippen LogP contribution in [0, 0.1) is 0 Å². The van der Waals surface area contributed by atoms with Crippen LogP contribution in [0.3, 0.4) is 0 Å². The fraction of sp³-hybridized carbons (Fsp3) is 0.800. The molecule has 2 rings (SSSR count). The molecule has 0 aromatic carbocycles. The number of nitrogens with one attached hydrogen (secondary N) is 2. The minimum atomic E-state index is -0.590. The van der Waals surface area contributed by atoms with Crippen LogP contribution in [-0.4, -0.2) is 36.2 Å². The predicted molar refractivity (Wildman–Crippen MR) is 56.6 cm³/mol. The molecule has 0 radical (unpaired) electrons. The summed E-state index contributed by atoms with van der Waals surface area (Å²) in [7, 11) is 0. The van der Waals surface area contributed by atoms with Crippen molar-refractivity contribution in [3.05, 3.63) is 0 Å². The van der Waals surface area contributed by atoms with Crippen LogP contribution in [0.2, 0.25) is 0 Å². The molecule has 0 aromatic heterocycles. The number of amides is 1. The minimum absolute atomic E-state index is 0.0214. The van der Waals surface area contributed by atoms with E-state index < -0.39 is 5.54 Å². The van der Waals surface area contributed by atoms with Crippen molar-refractivity contribution in [2.45, 2.75) is 44.9 Å². The van der Waals surface area contributed by atoms with E-state index in [-0.39, 0.29) is 18.1 Å². The van der Waals surface area contributed by atoms with Gasteiger partial charge in [-0.3, -0.25) is 15.1 Å². The smallest absolute Gasteiger partial charge is 0.255 e. The number of carbonyl (C=O) groups is 1. The summed E-state index contributed by atoms with van der Waals surface area (Å²) in [6.07, 6.45) is 0.606. The molecule has 1 spiro atoms. The van der Waals surface area contributed by atoms with Gasteiger partial charge in [-0.15, -0.1) is 0 Å². The highest BCUT2D eigenvalue weighted by Gasteiger charge is 2.52. The first-order chi connectivity index (χ1) is 7.04. The first-order valence-corrected chi connectivity index (χ1v) is 5.33. The molecular formula is C10H17N3O2. The fourth-order valence-electron chi connectivity index (χ4n) is 2.05. The molecule has 2 saturated heterocycles. The first kappa shape index (κ1) is 10.4. The average Bonchev–Trinajstić information content (AvgIpc) is 2.60. The van der Waals surface area contributed by atoms with Gasteiger partial charge in [0.25, 0.3) is 5.91 Å². The molecule has 2 atom stereocenters. The molecule has 5 heteroatoms. The second kappa shape index (κ2) is 3.48. The van der Waals surface area contributed by atoms with E-state index in [9.17, 15) is 4.79 Å². The van der Waals surface area contributed by atoms with Gasteiger partial charge in [0.2, 0.25) is 0 Å². The van der Waals surface area contributed by atoms with E-state index in [0.717, 1.165) is 0 Å².